The number of anilines is 1. The molecule has 21 heavy (non-hydrogen) atoms. The normalized spacial score (nSPS) is 20.9. The Morgan fingerprint density at radius 2 is 2.19 bits per heavy atom. The summed E-state index contributed by atoms with van der Waals surface area (Å²) >= 11 is 1.29. The van der Waals surface area contributed by atoms with Gasteiger partial charge in [-0.25, -0.2) is 4.72 Å². The molecule has 0 aliphatic carbocycles. The molecule has 0 radical (unpaired) electrons. The van der Waals surface area contributed by atoms with E-state index in [-0.39, 0.29) is 6.04 Å². The Balaban J connectivity index is 2.07. The standard InChI is InChI=1S/C12H23N5O2S2/c1-9(2)7-11-14-15-12(20-11)16-21(18,19)17-6-4-3-5-10(17)8-13/h9-10H,3-8,13H2,1-2H3,(H,15,16). The molecule has 1 atom stereocenters. The lowest BCUT2D eigenvalue weighted by Gasteiger charge is -2.33. The molecule has 0 aromatic carbocycles. The summed E-state index contributed by atoms with van der Waals surface area (Å²) in [4.78, 5) is 0. The third kappa shape index (κ3) is 4.35. The van der Waals surface area contributed by atoms with Crippen molar-refractivity contribution >= 4 is 26.7 Å². The fourth-order valence-electron chi connectivity index (χ4n) is 2.42. The number of nitrogens with zero attached hydrogens (tertiary/aromatic N) is 3. The van der Waals surface area contributed by atoms with Gasteiger partial charge in [-0.2, -0.15) is 12.7 Å². The van der Waals surface area contributed by atoms with E-state index in [2.05, 4.69) is 28.8 Å². The zero-order chi connectivity index (χ0) is 15.5. The van der Waals surface area contributed by atoms with Crippen molar-refractivity contribution in [3.63, 3.8) is 0 Å². The van der Waals surface area contributed by atoms with Gasteiger partial charge in [0.05, 0.1) is 0 Å². The van der Waals surface area contributed by atoms with Gasteiger partial charge in [-0.05, 0) is 18.8 Å². The molecule has 1 unspecified atom stereocenters. The molecule has 120 valence electrons. The van der Waals surface area contributed by atoms with E-state index < -0.39 is 10.2 Å². The highest BCUT2D eigenvalue weighted by Gasteiger charge is 2.32. The van der Waals surface area contributed by atoms with Gasteiger partial charge in [0.1, 0.15) is 5.01 Å². The van der Waals surface area contributed by atoms with Crippen molar-refractivity contribution in [3.8, 4) is 0 Å². The highest BCUT2D eigenvalue weighted by molar-refractivity contribution is 7.90. The SMILES string of the molecule is CC(C)Cc1nnc(NS(=O)(=O)N2CCCCC2CN)s1. The first-order chi connectivity index (χ1) is 9.92. The van der Waals surface area contributed by atoms with Crippen LogP contribution in [0.5, 0.6) is 0 Å². The fourth-order valence-corrected chi connectivity index (χ4v) is 5.04. The molecule has 0 saturated carbocycles. The number of piperidine rings is 1. The molecule has 2 rings (SSSR count). The van der Waals surface area contributed by atoms with E-state index in [0.29, 0.717) is 24.1 Å². The van der Waals surface area contributed by atoms with Crippen LogP contribution in [0.15, 0.2) is 0 Å². The second-order valence-electron chi connectivity index (χ2n) is 5.70. The summed E-state index contributed by atoms with van der Waals surface area (Å²) in [6.07, 6.45) is 3.50. The number of hydrogen-bond acceptors (Lipinski definition) is 6. The molecule has 0 spiro atoms. The Bertz CT molecular complexity index is 558. The number of aromatic nitrogens is 2. The van der Waals surface area contributed by atoms with E-state index in [1.165, 1.54) is 15.6 Å². The quantitative estimate of drug-likeness (QED) is 0.815. The van der Waals surface area contributed by atoms with Crippen LogP contribution in [0.2, 0.25) is 0 Å². The number of hydrogen-bond donors (Lipinski definition) is 2. The maximum absolute atomic E-state index is 12.5. The van der Waals surface area contributed by atoms with Crippen LogP contribution >= 0.6 is 11.3 Å². The van der Waals surface area contributed by atoms with Crippen LogP contribution in [0.25, 0.3) is 0 Å². The fraction of sp³-hybridized carbons (Fsp3) is 0.833. The van der Waals surface area contributed by atoms with E-state index in [4.69, 9.17) is 5.73 Å². The summed E-state index contributed by atoms with van der Waals surface area (Å²) in [5.41, 5.74) is 5.68. The third-order valence-corrected chi connectivity index (χ3v) is 5.96. The molecule has 1 aromatic rings. The van der Waals surface area contributed by atoms with Crippen molar-refractivity contribution < 1.29 is 8.42 Å². The lowest BCUT2D eigenvalue weighted by atomic mass is 10.1. The summed E-state index contributed by atoms with van der Waals surface area (Å²) in [5.74, 6) is 0.464. The van der Waals surface area contributed by atoms with Crippen molar-refractivity contribution in [3.05, 3.63) is 5.01 Å². The molecule has 1 saturated heterocycles. The van der Waals surface area contributed by atoms with E-state index in [1.807, 2.05) is 0 Å². The maximum atomic E-state index is 12.5. The second kappa shape index (κ2) is 6.99. The zero-order valence-electron chi connectivity index (χ0n) is 12.4. The van der Waals surface area contributed by atoms with Crippen LogP contribution in [0.4, 0.5) is 5.13 Å². The van der Waals surface area contributed by atoms with Crippen molar-refractivity contribution in [2.75, 3.05) is 17.8 Å². The number of nitrogens with one attached hydrogen (secondary N) is 1. The van der Waals surface area contributed by atoms with Crippen molar-refractivity contribution in [1.82, 2.24) is 14.5 Å². The van der Waals surface area contributed by atoms with Gasteiger partial charge in [0, 0.05) is 25.6 Å². The largest absolute Gasteiger partial charge is 0.329 e. The Hall–Kier alpha value is -0.770. The molecule has 2 heterocycles. The van der Waals surface area contributed by atoms with Crippen molar-refractivity contribution in [1.29, 1.82) is 0 Å². The van der Waals surface area contributed by atoms with Gasteiger partial charge < -0.3 is 5.73 Å². The lowest BCUT2D eigenvalue weighted by molar-refractivity contribution is 0.259. The molecular weight excluding hydrogens is 310 g/mol. The predicted octanol–water partition coefficient (Wildman–Crippen LogP) is 1.21. The average molecular weight is 333 g/mol. The minimum absolute atomic E-state index is 0.126. The Morgan fingerprint density at radius 3 is 2.86 bits per heavy atom. The molecule has 3 N–H and O–H groups in total. The van der Waals surface area contributed by atoms with Crippen molar-refractivity contribution in [2.45, 2.75) is 45.6 Å². The highest BCUT2D eigenvalue weighted by atomic mass is 32.2. The summed E-state index contributed by atoms with van der Waals surface area (Å²) in [6.45, 7) is 5.03. The van der Waals surface area contributed by atoms with E-state index in [9.17, 15) is 8.42 Å². The van der Waals surface area contributed by atoms with E-state index in [1.54, 1.807) is 0 Å². The van der Waals surface area contributed by atoms with Crippen molar-refractivity contribution in [2.24, 2.45) is 11.7 Å². The molecule has 7 nitrogen and oxygen atoms in total. The molecule has 9 heteroatoms. The monoisotopic (exact) mass is 333 g/mol. The lowest BCUT2D eigenvalue weighted by Crippen LogP contribution is -2.49. The molecule has 1 aromatic heterocycles. The van der Waals surface area contributed by atoms with Crippen LogP contribution in [-0.4, -0.2) is 42.1 Å². The zero-order valence-corrected chi connectivity index (χ0v) is 14.1. The summed E-state index contributed by atoms with van der Waals surface area (Å²) in [6, 6.07) is -0.126. The van der Waals surface area contributed by atoms with Gasteiger partial charge in [0.2, 0.25) is 5.13 Å². The number of nitrogens with two attached hydrogens (primary N) is 1. The first kappa shape index (κ1) is 16.6. The Kier molecular flexibility index (Phi) is 5.53. The first-order valence-electron chi connectivity index (χ1n) is 7.24. The van der Waals surface area contributed by atoms with Gasteiger partial charge in [-0.3, -0.25) is 0 Å². The van der Waals surface area contributed by atoms with Crippen LogP contribution in [0, 0.1) is 5.92 Å². The predicted molar refractivity (Wildman–Crippen MR) is 84.4 cm³/mol. The topological polar surface area (TPSA) is 101 Å². The first-order valence-corrected chi connectivity index (χ1v) is 9.50. The van der Waals surface area contributed by atoms with E-state index in [0.717, 1.165) is 30.7 Å². The van der Waals surface area contributed by atoms with Crippen LogP contribution in [0.3, 0.4) is 0 Å². The third-order valence-electron chi connectivity index (χ3n) is 3.42. The summed E-state index contributed by atoms with van der Waals surface area (Å²) in [5, 5.41) is 9.11. The highest BCUT2D eigenvalue weighted by Crippen LogP contribution is 2.24. The molecule has 1 fully saturated rings. The minimum atomic E-state index is -3.60. The van der Waals surface area contributed by atoms with Gasteiger partial charge in [-0.1, -0.05) is 31.6 Å². The van der Waals surface area contributed by atoms with Gasteiger partial charge >= 0.3 is 10.2 Å². The Morgan fingerprint density at radius 1 is 1.43 bits per heavy atom. The minimum Gasteiger partial charge on any atom is -0.329 e. The molecule has 1 aliphatic heterocycles. The maximum Gasteiger partial charge on any atom is 0.303 e. The average Bonchev–Trinajstić information content (AvgIpc) is 2.84. The molecule has 0 bridgehead atoms. The van der Waals surface area contributed by atoms with Gasteiger partial charge in [-0.15, -0.1) is 10.2 Å². The second-order valence-corrected chi connectivity index (χ2v) is 8.39. The van der Waals surface area contributed by atoms with E-state index >= 15 is 0 Å². The Labute approximate surface area is 130 Å². The van der Waals surface area contributed by atoms with Crippen LogP contribution < -0.4 is 10.5 Å². The molecule has 1 aliphatic rings. The van der Waals surface area contributed by atoms with Crippen LogP contribution in [0.1, 0.15) is 38.1 Å². The molecule has 0 amide bonds. The van der Waals surface area contributed by atoms with Gasteiger partial charge in [0.25, 0.3) is 0 Å². The van der Waals surface area contributed by atoms with Gasteiger partial charge in [0.15, 0.2) is 0 Å². The summed E-state index contributed by atoms with van der Waals surface area (Å²) in [7, 11) is -3.60. The van der Waals surface area contributed by atoms with Crippen LogP contribution in [-0.2, 0) is 16.6 Å². The molecular formula is C12H23N5O2S2. The number of rotatable bonds is 6. The smallest absolute Gasteiger partial charge is 0.303 e. The summed E-state index contributed by atoms with van der Waals surface area (Å²) < 4.78 is 28.9.